The molecule has 118 valence electrons. The van der Waals surface area contributed by atoms with Gasteiger partial charge in [0, 0.05) is 23.4 Å². The van der Waals surface area contributed by atoms with Gasteiger partial charge in [-0.15, -0.1) is 0 Å². The Bertz CT molecular complexity index is 586. The van der Waals surface area contributed by atoms with Gasteiger partial charge in [0.2, 0.25) is 0 Å². The molecule has 0 aliphatic carbocycles. The predicted molar refractivity (Wildman–Crippen MR) is 85.6 cm³/mol. The Hall–Kier alpha value is -1.86. The molecule has 1 aromatic heterocycles. The number of hydrogen-bond donors (Lipinski definition) is 1. The molecule has 0 spiro atoms. The quantitative estimate of drug-likeness (QED) is 0.837. The molecule has 3 rings (SSSR count). The van der Waals surface area contributed by atoms with Crippen LogP contribution in [0.2, 0.25) is 0 Å². The number of rotatable bonds is 4. The first-order valence-corrected chi connectivity index (χ1v) is 7.63. The van der Waals surface area contributed by atoms with Crippen molar-refractivity contribution in [2.24, 2.45) is 0 Å². The fourth-order valence-electron chi connectivity index (χ4n) is 1.93. The minimum atomic E-state index is 0.344. The van der Waals surface area contributed by atoms with E-state index in [1.165, 1.54) is 0 Å². The highest BCUT2D eigenvalue weighted by Crippen LogP contribution is 2.13. The fraction of sp³-hybridized carbons (Fsp3) is 0.333. The Balaban J connectivity index is 0.000000160. The van der Waals surface area contributed by atoms with E-state index in [2.05, 4.69) is 31.0 Å². The third-order valence-electron chi connectivity index (χ3n) is 3.15. The van der Waals surface area contributed by atoms with E-state index in [9.17, 15) is 4.79 Å². The highest BCUT2D eigenvalue weighted by molar-refractivity contribution is 9.10. The van der Waals surface area contributed by atoms with Gasteiger partial charge in [-0.3, -0.25) is 9.36 Å². The molecule has 2 aromatic rings. The summed E-state index contributed by atoms with van der Waals surface area (Å²) in [6.07, 6.45) is 3.69. The van der Waals surface area contributed by atoms with E-state index in [-0.39, 0.29) is 0 Å². The van der Waals surface area contributed by atoms with E-state index < -0.39 is 0 Å². The van der Waals surface area contributed by atoms with Crippen molar-refractivity contribution in [2.75, 3.05) is 13.7 Å². The molecule has 0 amide bonds. The van der Waals surface area contributed by atoms with Gasteiger partial charge in [-0.05, 0) is 24.7 Å². The SMILES string of the molecule is CNC1COc2nccn2C1.O=COCc1ccc(Br)cc1. The number of benzene rings is 1. The first kappa shape index (κ1) is 16.5. The highest BCUT2D eigenvalue weighted by atomic mass is 79.9. The second kappa shape index (κ2) is 8.55. The van der Waals surface area contributed by atoms with E-state index in [0.29, 0.717) is 25.7 Å². The third kappa shape index (κ3) is 4.85. The number of halogens is 1. The standard InChI is InChI=1S/C8H7BrO2.C7H11N3O/c9-8-3-1-7(2-4-8)5-11-6-10;1-8-6-4-10-3-2-9-7(10)11-5-6/h1-4,6H,5H2;2-3,6,8H,4-5H2,1H3. The van der Waals surface area contributed by atoms with Crippen LogP contribution in [0.25, 0.3) is 0 Å². The normalized spacial score (nSPS) is 15.8. The van der Waals surface area contributed by atoms with Crippen LogP contribution in [0.15, 0.2) is 41.1 Å². The number of hydrogen-bond acceptors (Lipinski definition) is 5. The summed E-state index contributed by atoms with van der Waals surface area (Å²) in [4.78, 5) is 13.9. The fourth-order valence-corrected chi connectivity index (χ4v) is 2.19. The number of nitrogens with zero attached hydrogens (tertiary/aromatic N) is 2. The number of likely N-dealkylation sites (N-methyl/N-ethyl adjacent to an activating group) is 1. The monoisotopic (exact) mass is 367 g/mol. The smallest absolute Gasteiger partial charge is 0.296 e. The lowest BCUT2D eigenvalue weighted by Crippen LogP contribution is -2.39. The lowest BCUT2D eigenvalue weighted by molar-refractivity contribution is -0.129. The van der Waals surface area contributed by atoms with Crippen LogP contribution in [0.1, 0.15) is 5.56 Å². The molecule has 0 radical (unpaired) electrons. The van der Waals surface area contributed by atoms with Crippen molar-refractivity contribution < 1.29 is 14.3 Å². The molecule has 0 saturated heterocycles. The molecule has 6 nitrogen and oxygen atoms in total. The first-order valence-electron chi connectivity index (χ1n) is 6.84. The zero-order valence-corrected chi connectivity index (χ0v) is 13.8. The van der Waals surface area contributed by atoms with Crippen molar-refractivity contribution in [3.05, 3.63) is 46.7 Å². The summed E-state index contributed by atoms with van der Waals surface area (Å²) in [6.45, 7) is 2.46. The predicted octanol–water partition coefficient (Wildman–Crippen LogP) is 1.99. The third-order valence-corrected chi connectivity index (χ3v) is 3.68. The molecule has 0 bridgehead atoms. The molecule has 1 aliphatic heterocycles. The van der Waals surface area contributed by atoms with Crippen molar-refractivity contribution in [1.29, 1.82) is 0 Å². The molecule has 1 N–H and O–H groups in total. The van der Waals surface area contributed by atoms with Crippen LogP contribution in [-0.2, 0) is 22.7 Å². The van der Waals surface area contributed by atoms with Crippen LogP contribution in [0.5, 0.6) is 6.01 Å². The van der Waals surface area contributed by atoms with Crippen LogP contribution in [0.3, 0.4) is 0 Å². The van der Waals surface area contributed by atoms with Gasteiger partial charge in [0.05, 0.1) is 6.04 Å². The van der Waals surface area contributed by atoms with Crippen molar-refractivity contribution in [3.8, 4) is 6.01 Å². The van der Waals surface area contributed by atoms with Gasteiger partial charge in [-0.2, -0.15) is 0 Å². The van der Waals surface area contributed by atoms with Crippen LogP contribution in [0, 0.1) is 0 Å². The van der Waals surface area contributed by atoms with Gasteiger partial charge in [0.15, 0.2) is 0 Å². The molecule has 0 fully saturated rings. The molecule has 1 atom stereocenters. The van der Waals surface area contributed by atoms with E-state index in [1.807, 2.05) is 42.1 Å². The lowest BCUT2D eigenvalue weighted by atomic mass is 10.2. The van der Waals surface area contributed by atoms with E-state index in [0.717, 1.165) is 22.6 Å². The highest BCUT2D eigenvalue weighted by Gasteiger charge is 2.17. The Labute approximate surface area is 137 Å². The van der Waals surface area contributed by atoms with Crippen molar-refractivity contribution in [1.82, 2.24) is 14.9 Å². The molecule has 7 heteroatoms. The number of aromatic nitrogens is 2. The number of carbonyl (C=O) groups excluding carboxylic acids is 1. The van der Waals surface area contributed by atoms with Gasteiger partial charge in [0.25, 0.3) is 12.5 Å². The summed E-state index contributed by atoms with van der Waals surface area (Å²) < 4.78 is 12.9. The topological polar surface area (TPSA) is 65.4 Å². The van der Waals surface area contributed by atoms with Crippen molar-refractivity contribution >= 4 is 22.4 Å². The number of nitrogens with one attached hydrogen (secondary N) is 1. The number of ether oxygens (including phenoxy) is 2. The minimum Gasteiger partial charge on any atom is -0.463 e. The molecule has 22 heavy (non-hydrogen) atoms. The second-order valence-electron chi connectivity index (χ2n) is 4.69. The number of imidazole rings is 1. The number of fused-ring (bicyclic) bond motifs is 1. The largest absolute Gasteiger partial charge is 0.463 e. The zero-order valence-electron chi connectivity index (χ0n) is 12.2. The molecule has 1 aliphatic rings. The van der Waals surface area contributed by atoms with Crippen LogP contribution in [-0.4, -0.2) is 35.7 Å². The molecular weight excluding hydrogens is 350 g/mol. The summed E-state index contributed by atoms with van der Waals surface area (Å²) in [7, 11) is 1.94. The zero-order chi connectivity index (χ0) is 15.8. The summed E-state index contributed by atoms with van der Waals surface area (Å²) in [5.74, 6) is 0. The Kier molecular flexibility index (Phi) is 6.42. The maximum atomic E-state index is 9.81. The average molecular weight is 368 g/mol. The van der Waals surface area contributed by atoms with Gasteiger partial charge >= 0.3 is 0 Å². The van der Waals surface area contributed by atoms with Crippen molar-refractivity contribution in [2.45, 2.75) is 19.2 Å². The van der Waals surface area contributed by atoms with Gasteiger partial charge in [-0.25, -0.2) is 4.98 Å². The van der Waals surface area contributed by atoms with Gasteiger partial charge in [0.1, 0.15) is 13.2 Å². The van der Waals surface area contributed by atoms with E-state index in [1.54, 1.807) is 6.20 Å². The van der Waals surface area contributed by atoms with Crippen LogP contribution >= 0.6 is 15.9 Å². The van der Waals surface area contributed by atoms with Crippen LogP contribution < -0.4 is 10.1 Å². The summed E-state index contributed by atoms with van der Waals surface area (Å²) in [6, 6.07) is 8.75. The summed E-state index contributed by atoms with van der Waals surface area (Å²) in [5, 5.41) is 3.16. The maximum Gasteiger partial charge on any atom is 0.296 e. The number of carbonyl (C=O) groups is 1. The molecular formula is C15H18BrN3O3. The molecule has 1 aromatic carbocycles. The molecule has 2 heterocycles. The average Bonchev–Trinajstić information content (AvgIpc) is 3.02. The van der Waals surface area contributed by atoms with Crippen molar-refractivity contribution in [3.63, 3.8) is 0 Å². The Morgan fingerprint density at radius 1 is 1.50 bits per heavy atom. The molecule has 0 saturated carbocycles. The Morgan fingerprint density at radius 2 is 2.27 bits per heavy atom. The molecule has 1 unspecified atom stereocenters. The Morgan fingerprint density at radius 3 is 2.95 bits per heavy atom. The van der Waals surface area contributed by atoms with E-state index >= 15 is 0 Å². The van der Waals surface area contributed by atoms with Crippen LogP contribution in [0.4, 0.5) is 0 Å². The van der Waals surface area contributed by atoms with Gasteiger partial charge < -0.3 is 14.8 Å². The van der Waals surface area contributed by atoms with Gasteiger partial charge in [-0.1, -0.05) is 28.1 Å². The van der Waals surface area contributed by atoms with E-state index in [4.69, 9.17) is 4.74 Å². The summed E-state index contributed by atoms with van der Waals surface area (Å²) in [5.41, 5.74) is 0.986. The maximum absolute atomic E-state index is 9.81. The summed E-state index contributed by atoms with van der Waals surface area (Å²) >= 11 is 3.30. The minimum absolute atomic E-state index is 0.344. The first-order chi connectivity index (χ1) is 10.7. The lowest BCUT2D eigenvalue weighted by Gasteiger charge is -2.23. The second-order valence-corrected chi connectivity index (χ2v) is 5.61.